The van der Waals surface area contributed by atoms with Crippen molar-refractivity contribution >= 4 is 23.1 Å². The van der Waals surface area contributed by atoms with Crippen molar-refractivity contribution in [1.29, 1.82) is 0 Å². The number of benzene rings is 2. The lowest BCUT2D eigenvalue weighted by atomic mass is 9.93. The van der Waals surface area contributed by atoms with E-state index >= 15 is 0 Å². The van der Waals surface area contributed by atoms with Crippen molar-refractivity contribution in [3.63, 3.8) is 0 Å². The van der Waals surface area contributed by atoms with E-state index in [0.29, 0.717) is 44.2 Å². The molecule has 2 saturated heterocycles. The number of carbonyl (C=O) groups excluding carboxylic acids is 2. The van der Waals surface area contributed by atoms with Crippen LogP contribution in [0.25, 0.3) is 5.76 Å². The summed E-state index contributed by atoms with van der Waals surface area (Å²) in [4.78, 5) is 32.4. The van der Waals surface area contributed by atoms with Crippen molar-refractivity contribution in [2.45, 2.75) is 19.9 Å². The highest BCUT2D eigenvalue weighted by Gasteiger charge is 2.46. The average Bonchev–Trinajstić information content (AvgIpc) is 3.13. The Morgan fingerprint density at radius 2 is 1.78 bits per heavy atom. The molecule has 0 saturated carbocycles. The number of rotatable bonds is 8. The standard InChI is InChI=1S/C28H35N3O5/c1-5-36-22-10-11-23(19(2)18-22)26(32)24-25(20-6-8-21(9-7-20)29(3)4)31(28(34)27(24)33)13-12-30-14-16-35-17-15-30/h6-11,18,25,32H,5,12-17H2,1-4H3/b26-24-. The summed E-state index contributed by atoms with van der Waals surface area (Å²) in [7, 11) is 3.91. The summed E-state index contributed by atoms with van der Waals surface area (Å²) in [5, 5.41) is 11.4. The molecule has 192 valence electrons. The molecule has 0 radical (unpaired) electrons. The Morgan fingerprint density at radius 1 is 1.08 bits per heavy atom. The fourth-order valence-corrected chi connectivity index (χ4v) is 4.79. The van der Waals surface area contributed by atoms with E-state index in [9.17, 15) is 14.7 Å². The Balaban J connectivity index is 1.75. The molecule has 1 N–H and O–H groups in total. The second kappa shape index (κ2) is 11.1. The van der Waals surface area contributed by atoms with Crippen LogP contribution in [0, 0.1) is 6.92 Å². The number of carbonyl (C=O) groups is 2. The van der Waals surface area contributed by atoms with Gasteiger partial charge in [0.05, 0.1) is 31.4 Å². The quantitative estimate of drug-likeness (QED) is 0.344. The maximum atomic E-state index is 13.3. The van der Waals surface area contributed by atoms with Gasteiger partial charge in [0.25, 0.3) is 11.7 Å². The van der Waals surface area contributed by atoms with Crippen molar-refractivity contribution in [3.05, 3.63) is 64.7 Å². The lowest BCUT2D eigenvalue weighted by molar-refractivity contribution is -0.140. The van der Waals surface area contributed by atoms with Crippen LogP contribution in [0.4, 0.5) is 5.69 Å². The molecule has 0 aliphatic carbocycles. The molecule has 2 fully saturated rings. The zero-order valence-electron chi connectivity index (χ0n) is 21.5. The van der Waals surface area contributed by atoms with Gasteiger partial charge >= 0.3 is 0 Å². The number of aliphatic hydroxyl groups excluding tert-OH is 1. The molecule has 8 nitrogen and oxygen atoms in total. The first-order valence-electron chi connectivity index (χ1n) is 12.4. The minimum atomic E-state index is -0.673. The van der Waals surface area contributed by atoms with Gasteiger partial charge in [0.1, 0.15) is 11.5 Å². The predicted molar refractivity (Wildman–Crippen MR) is 139 cm³/mol. The molecule has 0 spiro atoms. The zero-order chi connectivity index (χ0) is 25.8. The molecule has 1 atom stereocenters. The number of hydrogen-bond donors (Lipinski definition) is 1. The van der Waals surface area contributed by atoms with Gasteiger partial charge in [0.15, 0.2) is 0 Å². The Kier molecular flexibility index (Phi) is 7.96. The zero-order valence-corrected chi connectivity index (χ0v) is 21.5. The molecule has 2 aliphatic rings. The fourth-order valence-electron chi connectivity index (χ4n) is 4.79. The minimum absolute atomic E-state index is 0.117. The number of amides is 1. The fraction of sp³-hybridized carbons (Fsp3) is 0.429. The second-order valence-electron chi connectivity index (χ2n) is 9.34. The summed E-state index contributed by atoms with van der Waals surface area (Å²) in [6.07, 6.45) is 0. The lowest BCUT2D eigenvalue weighted by Crippen LogP contribution is -2.42. The van der Waals surface area contributed by atoms with E-state index < -0.39 is 17.7 Å². The van der Waals surface area contributed by atoms with Crippen molar-refractivity contribution in [1.82, 2.24) is 9.80 Å². The van der Waals surface area contributed by atoms with Crippen LogP contribution in [0.15, 0.2) is 48.0 Å². The molecule has 8 heteroatoms. The van der Waals surface area contributed by atoms with Gasteiger partial charge in [-0.15, -0.1) is 0 Å². The van der Waals surface area contributed by atoms with Crippen molar-refractivity contribution < 1.29 is 24.2 Å². The first-order valence-corrected chi connectivity index (χ1v) is 12.4. The van der Waals surface area contributed by atoms with Crippen LogP contribution in [0.5, 0.6) is 5.75 Å². The van der Waals surface area contributed by atoms with Gasteiger partial charge in [0, 0.05) is 51.5 Å². The van der Waals surface area contributed by atoms with Crippen molar-refractivity contribution in [2.75, 3.05) is 65.0 Å². The molecular formula is C28H35N3O5. The van der Waals surface area contributed by atoms with Crippen LogP contribution in [-0.4, -0.2) is 86.7 Å². The number of hydrogen-bond acceptors (Lipinski definition) is 7. The lowest BCUT2D eigenvalue weighted by Gasteiger charge is -2.31. The molecule has 4 rings (SSSR count). The third kappa shape index (κ3) is 5.24. The van der Waals surface area contributed by atoms with E-state index in [1.54, 1.807) is 17.0 Å². The largest absolute Gasteiger partial charge is 0.507 e. The first kappa shape index (κ1) is 25.7. The monoisotopic (exact) mass is 493 g/mol. The second-order valence-corrected chi connectivity index (χ2v) is 9.34. The van der Waals surface area contributed by atoms with E-state index in [4.69, 9.17) is 9.47 Å². The number of likely N-dealkylation sites (tertiary alicyclic amines) is 1. The van der Waals surface area contributed by atoms with Crippen LogP contribution in [-0.2, 0) is 14.3 Å². The van der Waals surface area contributed by atoms with E-state index in [-0.39, 0.29) is 11.3 Å². The van der Waals surface area contributed by atoms with Gasteiger partial charge < -0.3 is 24.4 Å². The predicted octanol–water partition coefficient (Wildman–Crippen LogP) is 3.21. The first-order chi connectivity index (χ1) is 17.3. The average molecular weight is 494 g/mol. The Bertz CT molecular complexity index is 1140. The highest BCUT2D eigenvalue weighted by atomic mass is 16.5. The summed E-state index contributed by atoms with van der Waals surface area (Å²) in [5.41, 5.74) is 3.18. The number of ketones is 1. The van der Waals surface area contributed by atoms with E-state index in [1.165, 1.54) is 0 Å². The van der Waals surface area contributed by atoms with Crippen LogP contribution in [0.2, 0.25) is 0 Å². The van der Waals surface area contributed by atoms with E-state index in [1.807, 2.05) is 63.2 Å². The molecule has 0 aromatic heterocycles. The third-order valence-corrected chi connectivity index (χ3v) is 6.79. The SMILES string of the molecule is CCOc1ccc(/C(O)=C2/C(=O)C(=O)N(CCN3CCOCC3)C2c2ccc(N(C)C)cc2)c(C)c1. The molecule has 1 unspecified atom stereocenters. The number of Topliss-reactive ketones (excluding diaryl/α,β-unsaturated/α-hetero) is 1. The number of anilines is 1. The Morgan fingerprint density at radius 3 is 2.39 bits per heavy atom. The molecule has 1 amide bonds. The molecule has 2 aromatic rings. The number of nitrogens with zero attached hydrogens (tertiary/aromatic N) is 3. The smallest absolute Gasteiger partial charge is 0.295 e. The van der Waals surface area contributed by atoms with Crippen molar-refractivity contribution in [3.8, 4) is 5.75 Å². The van der Waals surface area contributed by atoms with Gasteiger partial charge in [-0.2, -0.15) is 0 Å². The molecule has 36 heavy (non-hydrogen) atoms. The highest BCUT2D eigenvalue weighted by molar-refractivity contribution is 6.46. The summed E-state index contributed by atoms with van der Waals surface area (Å²) in [5.74, 6) is -0.725. The summed E-state index contributed by atoms with van der Waals surface area (Å²) in [6.45, 7) is 8.19. The van der Waals surface area contributed by atoms with Gasteiger partial charge in [-0.3, -0.25) is 14.5 Å². The Labute approximate surface area is 212 Å². The van der Waals surface area contributed by atoms with Crippen LogP contribution in [0.1, 0.15) is 29.7 Å². The Hall–Kier alpha value is -3.36. The van der Waals surface area contributed by atoms with E-state index in [2.05, 4.69) is 4.90 Å². The maximum Gasteiger partial charge on any atom is 0.295 e. The molecule has 2 aromatic carbocycles. The minimum Gasteiger partial charge on any atom is -0.507 e. The summed E-state index contributed by atoms with van der Waals surface area (Å²) < 4.78 is 11.0. The number of morpholine rings is 1. The van der Waals surface area contributed by atoms with Gasteiger partial charge in [-0.1, -0.05) is 12.1 Å². The highest BCUT2D eigenvalue weighted by Crippen LogP contribution is 2.40. The van der Waals surface area contributed by atoms with Gasteiger partial charge in [-0.25, -0.2) is 0 Å². The van der Waals surface area contributed by atoms with Gasteiger partial charge in [-0.05, 0) is 55.3 Å². The van der Waals surface area contributed by atoms with E-state index in [0.717, 1.165) is 29.9 Å². The number of ether oxygens (including phenoxy) is 2. The third-order valence-electron chi connectivity index (χ3n) is 6.79. The molecular weight excluding hydrogens is 458 g/mol. The van der Waals surface area contributed by atoms with Crippen molar-refractivity contribution in [2.24, 2.45) is 0 Å². The molecule has 2 aliphatic heterocycles. The van der Waals surface area contributed by atoms with Crippen LogP contribution >= 0.6 is 0 Å². The topological polar surface area (TPSA) is 82.5 Å². The molecule has 0 bridgehead atoms. The van der Waals surface area contributed by atoms with Crippen LogP contribution in [0.3, 0.4) is 0 Å². The van der Waals surface area contributed by atoms with Gasteiger partial charge in [0.2, 0.25) is 0 Å². The number of aliphatic hydroxyl groups is 1. The molecule has 2 heterocycles. The number of aryl methyl sites for hydroxylation is 1. The normalized spacial score (nSPS) is 20.1. The maximum absolute atomic E-state index is 13.3. The summed E-state index contributed by atoms with van der Waals surface area (Å²) >= 11 is 0. The summed E-state index contributed by atoms with van der Waals surface area (Å²) in [6, 6.07) is 12.4. The van der Waals surface area contributed by atoms with Crippen LogP contribution < -0.4 is 9.64 Å².